The maximum absolute atomic E-state index is 12.4. The number of hydrogen-bond acceptors (Lipinski definition) is 6. The van der Waals surface area contributed by atoms with Crippen LogP contribution in [0, 0.1) is 5.92 Å². The van der Waals surface area contributed by atoms with E-state index in [0.29, 0.717) is 22.9 Å². The van der Waals surface area contributed by atoms with E-state index in [1.165, 1.54) is 0 Å². The molecule has 1 saturated carbocycles. The lowest BCUT2D eigenvalue weighted by molar-refractivity contribution is -0.000388. The SMILES string of the molecule is Cn1c(=O)cc(N[C@H]2CC[C@H](C(C)(C)O)CC2)c2nc(-n3ccnc3)ncc21. The van der Waals surface area contributed by atoms with Gasteiger partial charge in [-0.1, -0.05) is 0 Å². The lowest BCUT2D eigenvalue weighted by atomic mass is 9.77. The van der Waals surface area contributed by atoms with Crippen molar-refractivity contribution in [1.29, 1.82) is 0 Å². The fourth-order valence-corrected chi connectivity index (χ4v) is 3.99. The van der Waals surface area contributed by atoms with Crippen molar-refractivity contribution in [3.05, 3.63) is 41.3 Å². The number of nitrogens with zero attached hydrogens (tertiary/aromatic N) is 5. The minimum atomic E-state index is -0.646. The second kappa shape index (κ2) is 7.01. The smallest absolute Gasteiger partial charge is 0.252 e. The van der Waals surface area contributed by atoms with Crippen LogP contribution in [0.25, 0.3) is 17.0 Å². The van der Waals surface area contributed by atoms with Gasteiger partial charge in [-0.15, -0.1) is 0 Å². The number of aryl methyl sites for hydroxylation is 1. The molecule has 0 atom stereocenters. The molecule has 8 heteroatoms. The van der Waals surface area contributed by atoms with Crippen molar-refractivity contribution >= 4 is 16.7 Å². The number of aliphatic hydroxyl groups is 1. The zero-order chi connectivity index (χ0) is 19.9. The molecule has 0 bridgehead atoms. The van der Waals surface area contributed by atoms with Crippen LogP contribution in [0.3, 0.4) is 0 Å². The Labute approximate surface area is 163 Å². The normalized spacial score (nSPS) is 20.4. The molecule has 8 nitrogen and oxygen atoms in total. The van der Waals surface area contributed by atoms with Gasteiger partial charge in [0.2, 0.25) is 5.95 Å². The largest absolute Gasteiger partial charge is 0.390 e. The fourth-order valence-electron chi connectivity index (χ4n) is 3.99. The van der Waals surface area contributed by atoms with Crippen molar-refractivity contribution in [3.8, 4) is 5.95 Å². The molecule has 3 heterocycles. The van der Waals surface area contributed by atoms with E-state index in [-0.39, 0.29) is 11.6 Å². The van der Waals surface area contributed by atoms with Crippen LogP contribution >= 0.6 is 0 Å². The highest BCUT2D eigenvalue weighted by Crippen LogP contribution is 2.34. The van der Waals surface area contributed by atoms with Crippen LogP contribution in [-0.4, -0.2) is 40.8 Å². The first-order valence-corrected chi connectivity index (χ1v) is 9.67. The monoisotopic (exact) mass is 382 g/mol. The van der Waals surface area contributed by atoms with Crippen LogP contribution in [-0.2, 0) is 7.05 Å². The Morgan fingerprint density at radius 2 is 2.00 bits per heavy atom. The van der Waals surface area contributed by atoms with Crippen molar-refractivity contribution in [1.82, 2.24) is 24.1 Å². The van der Waals surface area contributed by atoms with Gasteiger partial charge in [-0.05, 0) is 45.4 Å². The second-order valence-corrected chi connectivity index (χ2v) is 8.18. The van der Waals surface area contributed by atoms with E-state index in [4.69, 9.17) is 0 Å². The first-order chi connectivity index (χ1) is 13.3. The van der Waals surface area contributed by atoms with Crippen LogP contribution in [0.2, 0.25) is 0 Å². The lowest BCUT2D eigenvalue weighted by Crippen LogP contribution is -2.37. The van der Waals surface area contributed by atoms with Crippen molar-refractivity contribution in [3.63, 3.8) is 0 Å². The molecular formula is C20H26N6O2. The molecule has 0 saturated heterocycles. The molecule has 0 unspecified atom stereocenters. The maximum Gasteiger partial charge on any atom is 0.252 e. The van der Waals surface area contributed by atoms with Crippen molar-refractivity contribution in [2.24, 2.45) is 13.0 Å². The van der Waals surface area contributed by atoms with Gasteiger partial charge in [-0.25, -0.2) is 15.0 Å². The summed E-state index contributed by atoms with van der Waals surface area (Å²) in [6.45, 7) is 3.77. The van der Waals surface area contributed by atoms with Crippen molar-refractivity contribution in [2.45, 2.75) is 51.2 Å². The summed E-state index contributed by atoms with van der Waals surface area (Å²) in [7, 11) is 1.73. The second-order valence-electron chi connectivity index (χ2n) is 8.18. The molecular weight excluding hydrogens is 356 g/mol. The summed E-state index contributed by atoms with van der Waals surface area (Å²) >= 11 is 0. The van der Waals surface area contributed by atoms with Gasteiger partial charge in [-0.2, -0.15) is 0 Å². The van der Waals surface area contributed by atoms with Crippen LogP contribution in [0.1, 0.15) is 39.5 Å². The fraction of sp³-hybridized carbons (Fsp3) is 0.500. The average Bonchev–Trinajstić information content (AvgIpc) is 3.20. The standard InChI is InChI=1S/C20H26N6O2/c1-20(2,28)13-4-6-14(7-5-13)23-15-10-17(27)25(3)16-11-22-19(24-18(15)16)26-9-8-21-12-26/h8-14,23,28H,4-7H2,1-3H3/t13-,14-. The molecule has 1 aliphatic carbocycles. The van der Waals surface area contributed by atoms with E-state index in [1.807, 2.05) is 13.8 Å². The van der Waals surface area contributed by atoms with Crippen LogP contribution in [0.5, 0.6) is 0 Å². The zero-order valence-corrected chi connectivity index (χ0v) is 16.5. The number of fused-ring (bicyclic) bond motifs is 1. The van der Waals surface area contributed by atoms with Gasteiger partial charge in [0.05, 0.1) is 23.0 Å². The molecule has 4 rings (SSSR count). The highest BCUT2D eigenvalue weighted by atomic mass is 16.3. The summed E-state index contributed by atoms with van der Waals surface area (Å²) in [5, 5.41) is 13.8. The number of imidazole rings is 1. The Kier molecular flexibility index (Phi) is 4.66. The molecule has 28 heavy (non-hydrogen) atoms. The maximum atomic E-state index is 12.4. The molecule has 0 aliphatic heterocycles. The first-order valence-electron chi connectivity index (χ1n) is 9.67. The van der Waals surface area contributed by atoms with Crippen molar-refractivity contribution in [2.75, 3.05) is 5.32 Å². The van der Waals surface area contributed by atoms with E-state index in [1.54, 1.807) is 47.2 Å². The molecule has 1 fully saturated rings. The average molecular weight is 382 g/mol. The highest BCUT2D eigenvalue weighted by molar-refractivity contribution is 5.87. The van der Waals surface area contributed by atoms with Gasteiger partial charge in [0.25, 0.3) is 5.56 Å². The topological polar surface area (TPSA) is 97.9 Å². The molecule has 148 valence electrons. The first kappa shape index (κ1) is 18.6. The predicted molar refractivity (Wildman–Crippen MR) is 108 cm³/mol. The summed E-state index contributed by atoms with van der Waals surface area (Å²) in [5.41, 5.74) is 1.38. The third-order valence-electron chi connectivity index (χ3n) is 5.79. The minimum absolute atomic E-state index is 0.0980. The van der Waals surface area contributed by atoms with Gasteiger partial charge < -0.3 is 15.0 Å². The molecule has 2 N–H and O–H groups in total. The summed E-state index contributed by atoms with van der Waals surface area (Å²) in [4.78, 5) is 25.5. The van der Waals surface area contributed by atoms with Gasteiger partial charge >= 0.3 is 0 Å². The molecule has 3 aromatic rings. The van der Waals surface area contributed by atoms with E-state index in [9.17, 15) is 9.90 Å². The summed E-state index contributed by atoms with van der Waals surface area (Å²) in [5.74, 6) is 0.818. The van der Waals surface area contributed by atoms with E-state index < -0.39 is 5.60 Å². The highest BCUT2D eigenvalue weighted by Gasteiger charge is 2.31. The summed E-state index contributed by atoms with van der Waals surface area (Å²) in [6.07, 6.45) is 10.6. The quantitative estimate of drug-likeness (QED) is 0.718. The molecule has 1 aliphatic rings. The van der Waals surface area contributed by atoms with Crippen LogP contribution < -0.4 is 10.9 Å². The van der Waals surface area contributed by atoms with Crippen molar-refractivity contribution < 1.29 is 5.11 Å². The lowest BCUT2D eigenvalue weighted by Gasteiger charge is -2.36. The van der Waals surface area contributed by atoms with Crippen LogP contribution in [0.4, 0.5) is 5.69 Å². The minimum Gasteiger partial charge on any atom is -0.390 e. The third kappa shape index (κ3) is 3.52. The molecule has 0 radical (unpaired) electrons. The number of nitrogens with one attached hydrogen (secondary N) is 1. The molecule has 0 spiro atoms. The molecule has 3 aromatic heterocycles. The summed E-state index contributed by atoms with van der Waals surface area (Å²) < 4.78 is 3.30. The van der Waals surface area contributed by atoms with Gasteiger partial charge in [-0.3, -0.25) is 9.36 Å². The van der Waals surface area contributed by atoms with Gasteiger partial charge in [0.1, 0.15) is 11.8 Å². The Balaban J connectivity index is 1.66. The molecule has 0 amide bonds. The molecule has 0 aromatic carbocycles. The van der Waals surface area contributed by atoms with Gasteiger partial charge in [0, 0.05) is 31.5 Å². The Morgan fingerprint density at radius 3 is 2.64 bits per heavy atom. The number of anilines is 1. The zero-order valence-electron chi connectivity index (χ0n) is 16.5. The summed E-state index contributed by atoms with van der Waals surface area (Å²) in [6, 6.07) is 1.86. The number of aromatic nitrogens is 5. The Bertz CT molecular complexity index is 1030. The van der Waals surface area contributed by atoms with E-state index in [0.717, 1.165) is 31.4 Å². The Hall–Kier alpha value is -2.74. The van der Waals surface area contributed by atoms with E-state index >= 15 is 0 Å². The number of rotatable bonds is 4. The Morgan fingerprint density at radius 1 is 1.25 bits per heavy atom. The predicted octanol–water partition coefficient (Wildman–Crippen LogP) is 2.26. The number of hydrogen-bond donors (Lipinski definition) is 2. The van der Waals surface area contributed by atoms with Gasteiger partial charge in [0.15, 0.2) is 0 Å². The third-order valence-corrected chi connectivity index (χ3v) is 5.79. The van der Waals surface area contributed by atoms with E-state index in [2.05, 4.69) is 20.3 Å². The van der Waals surface area contributed by atoms with Crippen LogP contribution in [0.15, 0.2) is 35.8 Å². The number of pyridine rings is 1.